The van der Waals surface area contributed by atoms with Crippen molar-refractivity contribution in [2.24, 2.45) is 5.92 Å². The lowest BCUT2D eigenvalue weighted by atomic mass is 10.1. The number of nitrogens with zero attached hydrogens (tertiary/aromatic N) is 2. The summed E-state index contributed by atoms with van der Waals surface area (Å²) in [4.78, 5) is 1.44. The number of rotatable bonds is 4. The fraction of sp³-hybridized carbons (Fsp3) is 0.462. The number of alkyl halides is 4. The van der Waals surface area contributed by atoms with Gasteiger partial charge in [0.1, 0.15) is 0 Å². The Morgan fingerprint density at radius 2 is 2.05 bits per heavy atom. The molecule has 1 unspecified atom stereocenters. The lowest BCUT2D eigenvalue weighted by Crippen LogP contribution is -2.26. The van der Waals surface area contributed by atoms with Crippen LogP contribution in [0.1, 0.15) is 18.1 Å². The first kappa shape index (κ1) is 15.6. The van der Waals surface area contributed by atoms with Crippen molar-refractivity contribution < 1.29 is 13.2 Å². The molecule has 0 amide bonds. The van der Waals surface area contributed by atoms with Crippen LogP contribution in [0.25, 0.3) is 0 Å². The smallest absolute Gasteiger partial charge is 0.373 e. The summed E-state index contributed by atoms with van der Waals surface area (Å²) in [7, 11) is 1.54. The molecule has 0 N–H and O–H groups in total. The molecule has 0 aliphatic heterocycles. The number of hydrogen-bond donors (Lipinski definition) is 0. The third kappa shape index (κ3) is 4.03. The molecule has 2 nitrogen and oxygen atoms in total. The predicted octanol–water partition coefficient (Wildman–Crippen LogP) is 4.04. The van der Waals surface area contributed by atoms with E-state index in [-0.39, 0.29) is 24.0 Å². The van der Waals surface area contributed by atoms with Gasteiger partial charge in [-0.05, 0) is 24.6 Å². The Kier molecular flexibility index (Phi) is 5.07. The zero-order chi connectivity index (χ0) is 14.6. The van der Waals surface area contributed by atoms with E-state index in [1.807, 2.05) is 6.07 Å². The first-order valence-electron chi connectivity index (χ1n) is 5.66. The van der Waals surface area contributed by atoms with Crippen LogP contribution in [0.4, 0.5) is 18.9 Å². The topological polar surface area (TPSA) is 27.0 Å². The third-order valence-corrected chi connectivity index (χ3v) is 3.01. The molecule has 19 heavy (non-hydrogen) atoms. The molecule has 0 aliphatic rings. The van der Waals surface area contributed by atoms with Gasteiger partial charge in [-0.15, -0.1) is 11.6 Å². The van der Waals surface area contributed by atoms with Gasteiger partial charge in [-0.3, -0.25) is 0 Å². The molecule has 0 saturated carbocycles. The molecule has 0 spiro atoms. The Bertz CT molecular complexity index is 480. The number of anilines is 1. The molecule has 1 aromatic carbocycles. The molecule has 1 atom stereocenters. The van der Waals surface area contributed by atoms with Crippen molar-refractivity contribution in [3.63, 3.8) is 0 Å². The van der Waals surface area contributed by atoms with Crippen LogP contribution >= 0.6 is 11.6 Å². The van der Waals surface area contributed by atoms with Crippen molar-refractivity contribution in [1.29, 1.82) is 5.26 Å². The highest BCUT2D eigenvalue weighted by Gasteiger charge is 2.34. The van der Waals surface area contributed by atoms with Crippen molar-refractivity contribution in [2.75, 3.05) is 18.5 Å². The first-order valence-corrected chi connectivity index (χ1v) is 6.20. The molecule has 0 saturated heterocycles. The van der Waals surface area contributed by atoms with E-state index in [0.717, 1.165) is 6.07 Å². The van der Waals surface area contributed by atoms with Crippen molar-refractivity contribution in [2.45, 2.75) is 19.0 Å². The Morgan fingerprint density at radius 3 is 2.53 bits per heavy atom. The summed E-state index contributed by atoms with van der Waals surface area (Å²) in [5.74, 6) is -0.319. The maximum atomic E-state index is 13.0. The Labute approximate surface area is 115 Å². The van der Waals surface area contributed by atoms with Gasteiger partial charge in [0, 0.05) is 25.2 Å². The largest absolute Gasteiger partial charge is 0.418 e. The summed E-state index contributed by atoms with van der Waals surface area (Å²) < 4.78 is 39.0. The minimum atomic E-state index is -4.44. The van der Waals surface area contributed by atoms with Crippen LogP contribution in [0.5, 0.6) is 0 Å². The van der Waals surface area contributed by atoms with Crippen LogP contribution in [0.2, 0.25) is 0 Å². The van der Waals surface area contributed by atoms with Gasteiger partial charge in [0.25, 0.3) is 0 Å². The van der Waals surface area contributed by atoms with Crippen molar-refractivity contribution >= 4 is 17.3 Å². The highest BCUT2D eigenvalue weighted by atomic mass is 35.5. The maximum absolute atomic E-state index is 13.0. The van der Waals surface area contributed by atoms with E-state index < -0.39 is 11.7 Å². The van der Waals surface area contributed by atoms with Crippen LogP contribution in [0.3, 0.4) is 0 Å². The summed E-state index contributed by atoms with van der Waals surface area (Å²) in [6, 6.07) is 6.01. The number of hydrogen-bond acceptors (Lipinski definition) is 2. The Balaban J connectivity index is 3.16. The monoisotopic (exact) mass is 290 g/mol. The van der Waals surface area contributed by atoms with Gasteiger partial charge >= 0.3 is 6.18 Å². The Hall–Kier alpha value is -1.41. The van der Waals surface area contributed by atoms with E-state index in [1.165, 1.54) is 11.0 Å². The van der Waals surface area contributed by atoms with E-state index in [2.05, 4.69) is 0 Å². The average Bonchev–Trinajstić information content (AvgIpc) is 2.36. The number of nitriles is 1. The summed E-state index contributed by atoms with van der Waals surface area (Å²) in [5, 5.41) is 8.73. The molecule has 0 aromatic heterocycles. The summed E-state index contributed by atoms with van der Waals surface area (Å²) in [6.45, 7) is 1.90. The third-order valence-electron chi connectivity index (χ3n) is 2.70. The standard InChI is InChI=1S/C13H14ClF3N2/c1-9(7-18)8-19(2)12-4-3-10(6-14)5-11(12)13(15,16)17/h3-5,9H,6,8H2,1-2H3. The van der Waals surface area contributed by atoms with E-state index in [0.29, 0.717) is 5.56 Å². The molecule has 0 aliphatic carbocycles. The van der Waals surface area contributed by atoms with Crippen LogP contribution in [0.15, 0.2) is 18.2 Å². The van der Waals surface area contributed by atoms with E-state index in [4.69, 9.17) is 16.9 Å². The highest BCUT2D eigenvalue weighted by Crippen LogP contribution is 2.37. The number of halogens is 4. The van der Waals surface area contributed by atoms with E-state index in [9.17, 15) is 13.2 Å². The lowest BCUT2D eigenvalue weighted by molar-refractivity contribution is -0.137. The second-order valence-corrected chi connectivity index (χ2v) is 4.66. The van der Waals surface area contributed by atoms with Gasteiger partial charge in [0.15, 0.2) is 0 Å². The highest BCUT2D eigenvalue weighted by molar-refractivity contribution is 6.17. The molecule has 0 bridgehead atoms. The fourth-order valence-corrected chi connectivity index (χ4v) is 1.94. The molecule has 0 fully saturated rings. The lowest BCUT2D eigenvalue weighted by Gasteiger charge is -2.24. The summed E-state index contributed by atoms with van der Waals surface area (Å²) >= 11 is 5.56. The fourth-order valence-electron chi connectivity index (χ4n) is 1.78. The molecule has 6 heteroatoms. The van der Waals surface area contributed by atoms with Crippen molar-refractivity contribution in [1.82, 2.24) is 0 Å². The summed E-state index contributed by atoms with van der Waals surface area (Å²) in [6.07, 6.45) is -4.44. The average molecular weight is 291 g/mol. The van der Waals surface area contributed by atoms with E-state index in [1.54, 1.807) is 20.0 Å². The van der Waals surface area contributed by atoms with Gasteiger partial charge in [-0.2, -0.15) is 18.4 Å². The molecule has 1 aromatic rings. The van der Waals surface area contributed by atoms with Crippen LogP contribution < -0.4 is 4.90 Å². The van der Waals surface area contributed by atoms with Gasteiger partial charge < -0.3 is 4.90 Å². The second-order valence-electron chi connectivity index (χ2n) is 4.39. The summed E-state index contributed by atoms with van der Waals surface area (Å²) in [5.41, 5.74) is -0.249. The zero-order valence-corrected chi connectivity index (χ0v) is 11.4. The van der Waals surface area contributed by atoms with Gasteiger partial charge in [0.05, 0.1) is 17.6 Å². The molecular weight excluding hydrogens is 277 g/mol. The Morgan fingerprint density at radius 1 is 1.42 bits per heavy atom. The zero-order valence-electron chi connectivity index (χ0n) is 10.6. The molecular formula is C13H14ClF3N2. The van der Waals surface area contributed by atoms with Crippen molar-refractivity contribution in [3.8, 4) is 6.07 Å². The van der Waals surface area contributed by atoms with Gasteiger partial charge in [0.2, 0.25) is 0 Å². The maximum Gasteiger partial charge on any atom is 0.418 e. The van der Waals surface area contributed by atoms with Crippen LogP contribution in [0, 0.1) is 17.2 Å². The molecule has 1 rings (SSSR count). The van der Waals surface area contributed by atoms with Gasteiger partial charge in [-0.1, -0.05) is 6.07 Å². The van der Waals surface area contributed by atoms with E-state index >= 15 is 0 Å². The SMILES string of the molecule is CC(C#N)CN(C)c1ccc(CCl)cc1C(F)(F)F. The predicted molar refractivity (Wildman–Crippen MR) is 69.0 cm³/mol. The number of benzene rings is 1. The molecule has 0 heterocycles. The second kappa shape index (κ2) is 6.16. The van der Waals surface area contributed by atoms with Crippen molar-refractivity contribution in [3.05, 3.63) is 29.3 Å². The normalized spacial score (nSPS) is 12.9. The van der Waals surface area contributed by atoms with Crippen LogP contribution in [-0.4, -0.2) is 13.6 Å². The molecule has 0 radical (unpaired) electrons. The minimum Gasteiger partial charge on any atom is -0.373 e. The van der Waals surface area contributed by atoms with Crippen LogP contribution in [-0.2, 0) is 12.1 Å². The first-order chi connectivity index (χ1) is 8.79. The van der Waals surface area contributed by atoms with Gasteiger partial charge in [-0.25, -0.2) is 0 Å². The minimum absolute atomic E-state index is 0.0294. The quantitative estimate of drug-likeness (QED) is 0.783. The molecule has 104 valence electrons.